The van der Waals surface area contributed by atoms with Crippen molar-refractivity contribution in [2.45, 2.75) is 13.8 Å². The van der Waals surface area contributed by atoms with Gasteiger partial charge in [-0.3, -0.25) is 0 Å². The van der Waals surface area contributed by atoms with E-state index in [2.05, 4.69) is 32.4 Å². The summed E-state index contributed by atoms with van der Waals surface area (Å²) in [6.45, 7) is 4.11. The van der Waals surface area contributed by atoms with Crippen molar-refractivity contribution in [3.63, 3.8) is 0 Å². The van der Waals surface area contributed by atoms with Crippen molar-refractivity contribution in [1.82, 2.24) is 0 Å². The number of rotatable bonds is 2. The molecule has 4 amide bonds. The highest BCUT2D eigenvalue weighted by molar-refractivity contribution is 5.69. The van der Waals surface area contributed by atoms with Gasteiger partial charge in [-0.25, -0.2) is 14.4 Å². The van der Waals surface area contributed by atoms with E-state index in [4.69, 9.17) is 4.79 Å². The van der Waals surface area contributed by atoms with Crippen molar-refractivity contribution in [3.8, 4) is 0 Å². The van der Waals surface area contributed by atoms with E-state index in [0.29, 0.717) is 13.2 Å². The van der Waals surface area contributed by atoms with Crippen molar-refractivity contribution in [2.24, 2.45) is 22.9 Å². The van der Waals surface area contributed by atoms with Crippen molar-refractivity contribution < 1.29 is 23.9 Å². The number of carbonyl (C=O) groups is 3. The summed E-state index contributed by atoms with van der Waals surface area (Å²) in [6, 6.07) is -0.833. The number of primary amides is 4. The Kier molecular flexibility index (Phi) is 18.5. The lowest BCUT2D eigenvalue weighted by Crippen LogP contribution is -2.18. The third-order valence-corrected chi connectivity index (χ3v) is 0.573. The molecular formula is C7H18N4O5. The van der Waals surface area contributed by atoms with Crippen LogP contribution in [0.2, 0.25) is 0 Å². The molecule has 0 heterocycles. The molecule has 0 aromatic rings. The van der Waals surface area contributed by atoms with Crippen molar-refractivity contribution >= 4 is 18.2 Å². The average molecular weight is 238 g/mol. The first-order valence-electron chi connectivity index (χ1n) is 4.17. The molecule has 0 aromatic carbocycles. The zero-order valence-electron chi connectivity index (χ0n) is 9.26. The van der Waals surface area contributed by atoms with Gasteiger partial charge in [-0.2, -0.15) is 0 Å². The molecule has 0 saturated heterocycles. The summed E-state index contributed by atoms with van der Waals surface area (Å²) in [6.07, 6.45) is -1.42. The Morgan fingerprint density at radius 3 is 1.00 bits per heavy atom. The second kappa shape index (κ2) is 15.3. The second-order valence-corrected chi connectivity index (χ2v) is 1.91. The van der Waals surface area contributed by atoms with Crippen LogP contribution in [0.5, 0.6) is 0 Å². The SMILES string of the molecule is CCOC(N)=O.CCOC(N)=O.NC(N)=O. The number of nitrogens with two attached hydrogens (primary N) is 4. The third kappa shape index (κ3) is 95.1. The summed E-state index contributed by atoms with van der Waals surface area (Å²) in [5, 5.41) is 0. The Morgan fingerprint density at radius 1 is 0.812 bits per heavy atom. The topological polar surface area (TPSA) is 174 Å². The molecule has 0 fully saturated rings. The molecule has 16 heavy (non-hydrogen) atoms. The summed E-state index contributed by atoms with van der Waals surface area (Å²) >= 11 is 0. The molecule has 0 aliphatic rings. The van der Waals surface area contributed by atoms with E-state index < -0.39 is 18.2 Å². The Morgan fingerprint density at radius 2 is 1.00 bits per heavy atom. The standard InChI is InChI=1S/2C3H7NO2.CH4N2O/c2*1-2-6-3(4)5;2-1(3)4/h2*2H2,1H3,(H2,4,5);(H4,2,3,4). The Labute approximate surface area is 93.0 Å². The monoisotopic (exact) mass is 238 g/mol. The molecule has 0 atom stereocenters. The molecule has 0 saturated carbocycles. The first-order chi connectivity index (χ1) is 7.27. The van der Waals surface area contributed by atoms with Crippen LogP contribution in [0.3, 0.4) is 0 Å². The van der Waals surface area contributed by atoms with Crippen LogP contribution in [0.4, 0.5) is 14.4 Å². The van der Waals surface area contributed by atoms with Gasteiger partial charge in [0, 0.05) is 0 Å². The van der Waals surface area contributed by atoms with Crippen LogP contribution < -0.4 is 22.9 Å². The van der Waals surface area contributed by atoms with Gasteiger partial charge in [-0.05, 0) is 13.8 Å². The maximum absolute atomic E-state index is 9.60. The van der Waals surface area contributed by atoms with Crippen LogP contribution in [0.15, 0.2) is 0 Å². The number of hydrogen-bond donors (Lipinski definition) is 4. The van der Waals surface area contributed by atoms with Crippen molar-refractivity contribution in [1.29, 1.82) is 0 Å². The molecule has 0 unspecified atom stereocenters. The van der Waals surface area contributed by atoms with Gasteiger partial charge in [0.25, 0.3) is 0 Å². The fraction of sp³-hybridized carbons (Fsp3) is 0.571. The molecule has 0 spiro atoms. The van der Waals surface area contributed by atoms with Crippen LogP contribution in [0.1, 0.15) is 13.8 Å². The predicted molar refractivity (Wildman–Crippen MR) is 56.2 cm³/mol. The molecule has 0 aliphatic carbocycles. The van der Waals surface area contributed by atoms with Gasteiger partial charge in [-0.15, -0.1) is 0 Å². The summed E-state index contributed by atoms with van der Waals surface area (Å²) in [4.78, 5) is 28.2. The van der Waals surface area contributed by atoms with E-state index in [0.717, 1.165) is 0 Å². The van der Waals surface area contributed by atoms with Crippen LogP contribution in [-0.2, 0) is 9.47 Å². The van der Waals surface area contributed by atoms with Gasteiger partial charge in [0.15, 0.2) is 0 Å². The van der Waals surface area contributed by atoms with E-state index >= 15 is 0 Å². The molecular weight excluding hydrogens is 220 g/mol. The summed E-state index contributed by atoms with van der Waals surface area (Å²) < 4.78 is 8.36. The maximum Gasteiger partial charge on any atom is 0.404 e. The fourth-order valence-corrected chi connectivity index (χ4v) is 0.285. The van der Waals surface area contributed by atoms with E-state index in [1.165, 1.54) is 0 Å². The van der Waals surface area contributed by atoms with Crippen LogP contribution in [0, 0.1) is 0 Å². The van der Waals surface area contributed by atoms with E-state index in [-0.39, 0.29) is 0 Å². The van der Waals surface area contributed by atoms with Crippen LogP contribution in [0.25, 0.3) is 0 Å². The minimum atomic E-state index is -0.833. The first kappa shape index (κ1) is 19.4. The van der Waals surface area contributed by atoms with Gasteiger partial charge in [-0.1, -0.05) is 0 Å². The second-order valence-electron chi connectivity index (χ2n) is 1.91. The zero-order valence-corrected chi connectivity index (χ0v) is 9.26. The number of hydrogen-bond acceptors (Lipinski definition) is 5. The van der Waals surface area contributed by atoms with Crippen LogP contribution in [-0.4, -0.2) is 31.4 Å². The smallest absolute Gasteiger partial charge is 0.404 e. The summed E-state index contributed by atoms with van der Waals surface area (Å²) in [7, 11) is 0. The predicted octanol–water partition coefficient (Wildman–Crippen LogP) is -0.773. The normalized spacial score (nSPS) is 7.12. The Bertz CT molecular complexity index is 189. The van der Waals surface area contributed by atoms with Crippen molar-refractivity contribution in [3.05, 3.63) is 0 Å². The van der Waals surface area contributed by atoms with Gasteiger partial charge in [0.2, 0.25) is 0 Å². The Hall–Kier alpha value is -2.19. The van der Waals surface area contributed by atoms with E-state index in [1.807, 2.05) is 0 Å². The van der Waals surface area contributed by atoms with E-state index in [1.54, 1.807) is 13.8 Å². The number of ether oxygens (including phenoxy) is 2. The van der Waals surface area contributed by atoms with Crippen LogP contribution >= 0.6 is 0 Å². The molecule has 0 radical (unpaired) electrons. The lowest BCUT2D eigenvalue weighted by molar-refractivity contribution is 0.162. The Balaban J connectivity index is -0.000000162. The highest BCUT2D eigenvalue weighted by Gasteiger charge is 1.82. The molecule has 0 aromatic heterocycles. The number of urea groups is 1. The molecule has 0 rings (SSSR count). The molecule has 9 nitrogen and oxygen atoms in total. The largest absolute Gasteiger partial charge is 0.450 e. The first-order valence-corrected chi connectivity index (χ1v) is 4.17. The number of amides is 4. The van der Waals surface area contributed by atoms with Gasteiger partial charge in [0.1, 0.15) is 0 Å². The molecule has 0 aliphatic heterocycles. The minimum absolute atomic E-state index is 0.356. The van der Waals surface area contributed by atoms with E-state index in [9.17, 15) is 9.59 Å². The zero-order chi connectivity index (χ0) is 13.6. The lowest BCUT2D eigenvalue weighted by atomic mass is 10.9. The van der Waals surface area contributed by atoms with Gasteiger partial charge in [0.05, 0.1) is 13.2 Å². The van der Waals surface area contributed by atoms with Gasteiger partial charge < -0.3 is 32.4 Å². The highest BCUT2D eigenvalue weighted by atomic mass is 16.5. The lowest BCUT2D eigenvalue weighted by Gasteiger charge is -1.89. The average Bonchev–Trinajstić information content (AvgIpc) is 2.02. The quantitative estimate of drug-likeness (QED) is 0.493. The minimum Gasteiger partial charge on any atom is -0.450 e. The third-order valence-electron chi connectivity index (χ3n) is 0.573. The molecule has 96 valence electrons. The molecule has 8 N–H and O–H groups in total. The molecule has 9 heteroatoms. The number of carbonyl (C=O) groups excluding carboxylic acids is 3. The van der Waals surface area contributed by atoms with Gasteiger partial charge >= 0.3 is 18.2 Å². The fourth-order valence-electron chi connectivity index (χ4n) is 0.285. The highest BCUT2D eigenvalue weighted by Crippen LogP contribution is 1.66. The maximum atomic E-state index is 9.60. The summed E-state index contributed by atoms with van der Waals surface area (Å²) in [5.74, 6) is 0. The molecule has 0 bridgehead atoms. The summed E-state index contributed by atoms with van der Waals surface area (Å²) in [5.41, 5.74) is 17.6. The van der Waals surface area contributed by atoms with Crippen molar-refractivity contribution in [2.75, 3.05) is 13.2 Å².